The van der Waals surface area contributed by atoms with Gasteiger partial charge in [-0.25, -0.2) is 8.78 Å². The Balaban J connectivity index is 2.30. The van der Waals surface area contributed by atoms with E-state index >= 15 is 0 Å². The van der Waals surface area contributed by atoms with Gasteiger partial charge in [-0.2, -0.15) is 0 Å². The minimum absolute atomic E-state index is 0.148. The van der Waals surface area contributed by atoms with E-state index in [1.165, 1.54) is 0 Å². The molecule has 0 fully saturated rings. The summed E-state index contributed by atoms with van der Waals surface area (Å²) < 4.78 is 26.7. The molecular weight excluding hydrogens is 274 g/mol. The van der Waals surface area contributed by atoms with Crippen LogP contribution in [0.25, 0.3) is 0 Å². The van der Waals surface area contributed by atoms with Crippen LogP contribution in [-0.2, 0) is 10.2 Å². The Morgan fingerprint density at radius 2 is 1.76 bits per heavy atom. The van der Waals surface area contributed by atoms with Crippen LogP contribution in [-0.4, -0.2) is 5.91 Å². The summed E-state index contributed by atoms with van der Waals surface area (Å²) in [6, 6.07) is 10.7. The number of nitrogens with one attached hydrogen (secondary N) is 1. The van der Waals surface area contributed by atoms with Crippen molar-refractivity contribution in [3.05, 3.63) is 59.7 Å². The Bertz CT molecular complexity index is 646. The maximum atomic E-state index is 13.7. The molecule has 2 aromatic carbocycles. The highest BCUT2D eigenvalue weighted by molar-refractivity contribution is 6.00. The maximum absolute atomic E-state index is 13.7. The van der Waals surface area contributed by atoms with Crippen molar-refractivity contribution >= 4 is 17.3 Å². The van der Waals surface area contributed by atoms with Crippen LogP contribution >= 0.6 is 0 Å². The fourth-order valence-electron chi connectivity index (χ4n) is 1.98. The summed E-state index contributed by atoms with van der Waals surface area (Å²) in [5.41, 5.74) is 5.11. The molecule has 0 radical (unpaired) electrons. The molecule has 2 rings (SSSR count). The average molecular weight is 290 g/mol. The van der Waals surface area contributed by atoms with Gasteiger partial charge in [-0.05, 0) is 25.5 Å². The quantitative estimate of drug-likeness (QED) is 0.850. The van der Waals surface area contributed by atoms with Crippen molar-refractivity contribution in [1.29, 1.82) is 0 Å². The highest BCUT2D eigenvalue weighted by atomic mass is 19.1. The van der Waals surface area contributed by atoms with E-state index in [-0.39, 0.29) is 11.4 Å². The zero-order chi connectivity index (χ0) is 15.6. The van der Waals surface area contributed by atoms with Gasteiger partial charge in [0.15, 0.2) is 5.82 Å². The van der Waals surface area contributed by atoms with Crippen molar-refractivity contribution in [2.75, 3.05) is 11.1 Å². The third kappa shape index (κ3) is 3.02. The second-order valence-corrected chi connectivity index (χ2v) is 5.30. The first-order valence-electron chi connectivity index (χ1n) is 6.44. The summed E-state index contributed by atoms with van der Waals surface area (Å²) in [4.78, 5) is 12.4. The van der Waals surface area contributed by atoms with E-state index in [4.69, 9.17) is 5.73 Å². The lowest BCUT2D eigenvalue weighted by atomic mass is 9.83. The number of carbonyl (C=O) groups excluding carboxylic acids is 1. The zero-order valence-corrected chi connectivity index (χ0v) is 11.8. The van der Waals surface area contributed by atoms with Gasteiger partial charge in [-0.1, -0.05) is 30.3 Å². The van der Waals surface area contributed by atoms with Gasteiger partial charge in [0.1, 0.15) is 11.5 Å². The smallest absolute Gasteiger partial charge is 0.234 e. The van der Waals surface area contributed by atoms with Gasteiger partial charge in [-0.3, -0.25) is 4.79 Å². The van der Waals surface area contributed by atoms with Crippen molar-refractivity contribution in [3.63, 3.8) is 0 Å². The summed E-state index contributed by atoms with van der Waals surface area (Å²) in [5, 5.41) is 2.44. The lowest BCUT2D eigenvalue weighted by molar-refractivity contribution is -0.120. The average Bonchev–Trinajstić information content (AvgIpc) is 2.43. The second-order valence-electron chi connectivity index (χ2n) is 5.30. The van der Waals surface area contributed by atoms with Crippen molar-refractivity contribution in [2.45, 2.75) is 19.3 Å². The molecule has 0 aromatic heterocycles. The SMILES string of the molecule is CC(C)(C(=O)Nc1c(N)cc(F)cc1F)c1ccccc1. The van der Waals surface area contributed by atoms with E-state index in [2.05, 4.69) is 5.32 Å². The molecule has 0 aliphatic carbocycles. The summed E-state index contributed by atoms with van der Waals surface area (Å²) >= 11 is 0. The normalized spacial score (nSPS) is 11.2. The first-order chi connectivity index (χ1) is 9.82. The molecule has 21 heavy (non-hydrogen) atoms. The lowest BCUT2D eigenvalue weighted by Gasteiger charge is -2.24. The lowest BCUT2D eigenvalue weighted by Crippen LogP contribution is -2.35. The number of nitrogens with two attached hydrogens (primary N) is 1. The fraction of sp³-hybridized carbons (Fsp3) is 0.188. The Kier molecular flexibility index (Phi) is 3.93. The van der Waals surface area contributed by atoms with E-state index in [0.717, 1.165) is 11.6 Å². The molecule has 0 saturated heterocycles. The van der Waals surface area contributed by atoms with E-state index in [1.54, 1.807) is 13.8 Å². The minimum Gasteiger partial charge on any atom is -0.397 e. The third-order valence-corrected chi connectivity index (χ3v) is 3.39. The Labute approximate surface area is 121 Å². The second kappa shape index (κ2) is 5.52. The number of amides is 1. The van der Waals surface area contributed by atoms with Crippen LogP contribution in [0.2, 0.25) is 0 Å². The predicted octanol–water partition coefficient (Wildman–Crippen LogP) is 3.46. The molecule has 0 bridgehead atoms. The fourth-order valence-corrected chi connectivity index (χ4v) is 1.98. The first-order valence-corrected chi connectivity index (χ1v) is 6.44. The molecule has 5 heteroatoms. The largest absolute Gasteiger partial charge is 0.397 e. The molecule has 0 unspecified atom stereocenters. The van der Waals surface area contributed by atoms with Crippen LogP contribution in [0.3, 0.4) is 0 Å². The Morgan fingerprint density at radius 1 is 1.14 bits per heavy atom. The highest BCUT2D eigenvalue weighted by Gasteiger charge is 2.30. The Morgan fingerprint density at radius 3 is 2.33 bits per heavy atom. The number of rotatable bonds is 3. The van der Waals surface area contributed by atoms with Crippen LogP contribution in [0.4, 0.5) is 20.2 Å². The standard InChI is InChI=1S/C16H16F2N2O/c1-16(2,10-6-4-3-5-7-10)15(21)20-14-12(18)8-11(17)9-13(14)19/h3-9H,19H2,1-2H3,(H,20,21). The number of halogens is 2. The number of carbonyl (C=O) groups is 1. The van der Waals surface area contributed by atoms with Gasteiger partial charge in [0.05, 0.1) is 11.1 Å². The molecule has 0 atom stereocenters. The number of nitrogen functional groups attached to an aromatic ring is 1. The van der Waals surface area contributed by atoms with Gasteiger partial charge in [-0.15, -0.1) is 0 Å². The van der Waals surface area contributed by atoms with Crippen LogP contribution < -0.4 is 11.1 Å². The molecule has 0 spiro atoms. The van der Waals surface area contributed by atoms with Gasteiger partial charge < -0.3 is 11.1 Å². The number of hydrogen-bond acceptors (Lipinski definition) is 2. The van der Waals surface area contributed by atoms with Crippen LogP contribution in [0.1, 0.15) is 19.4 Å². The van der Waals surface area contributed by atoms with Gasteiger partial charge >= 0.3 is 0 Å². The molecule has 2 aromatic rings. The van der Waals surface area contributed by atoms with Crippen LogP contribution in [0.5, 0.6) is 0 Å². The Hall–Kier alpha value is -2.43. The molecule has 3 nitrogen and oxygen atoms in total. The summed E-state index contributed by atoms with van der Waals surface area (Å²) in [5.74, 6) is -2.11. The van der Waals surface area contributed by atoms with Gasteiger partial charge in [0.25, 0.3) is 0 Å². The molecule has 3 N–H and O–H groups in total. The maximum Gasteiger partial charge on any atom is 0.234 e. The topological polar surface area (TPSA) is 55.1 Å². The summed E-state index contributed by atoms with van der Waals surface area (Å²) in [6.07, 6.45) is 0. The van der Waals surface area contributed by atoms with Crippen LogP contribution in [0, 0.1) is 11.6 Å². The third-order valence-electron chi connectivity index (χ3n) is 3.39. The molecule has 0 saturated carbocycles. The van der Waals surface area contributed by atoms with Gasteiger partial charge in [0.2, 0.25) is 5.91 Å². The highest BCUT2D eigenvalue weighted by Crippen LogP contribution is 2.28. The van der Waals surface area contributed by atoms with Gasteiger partial charge in [0, 0.05) is 6.07 Å². The molecule has 110 valence electrons. The zero-order valence-electron chi connectivity index (χ0n) is 11.8. The van der Waals surface area contributed by atoms with Crippen molar-refractivity contribution < 1.29 is 13.6 Å². The molecule has 0 heterocycles. The van der Waals surface area contributed by atoms with E-state index in [9.17, 15) is 13.6 Å². The number of anilines is 2. The van der Waals surface area contributed by atoms with Crippen molar-refractivity contribution in [2.24, 2.45) is 0 Å². The monoisotopic (exact) mass is 290 g/mol. The summed E-state index contributed by atoms with van der Waals surface area (Å²) in [7, 11) is 0. The first kappa shape index (κ1) is 15.0. The predicted molar refractivity (Wildman–Crippen MR) is 78.9 cm³/mol. The van der Waals surface area contributed by atoms with E-state index in [1.807, 2.05) is 30.3 Å². The molecule has 1 amide bonds. The number of hydrogen-bond donors (Lipinski definition) is 2. The minimum atomic E-state index is -0.898. The van der Waals surface area contributed by atoms with E-state index in [0.29, 0.717) is 6.07 Å². The molecule has 0 aliphatic rings. The summed E-state index contributed by atoms with van der Waals surface area (Å²) in [6.45, 7) is 3.44. The number of benzene rings is 2. The van der Waals surface area contributed by atoms with Crippen LogP contribution in [0.15, 0.2) is 42.5 Å². The molecular formula is C16H16F2N2O. The van der Waals surface area contributed by atoms with Crippen molar-refractivity contribution in [1.82, 2.24) is 0 Å². The van der Waals surface area contributed by atoms with E-state index < -0.39 is 23.0 Å². The van der Waals surface area contributed by atoms with Crippen molar-refractivity contribution in [3.8, 4) is 0 Å². The molecule has 0 aliphatic heterocycles.